The van der Waals surface area contributed by atoms with E-state index in [1.54, 1.807) is 26.8 Å². The number of carboxylic acids is 1. The molecule has 0 aliphatic rings. The van der Waals surface area contributed by atoms with Gasteiger partial charge in [-0.2, -0.15) is 4.98 Å². The number of carboxylic acid groups (broad SMARTS) is 1. The molecule has 1 aromatic rings. The van der Waals surface area contributed by atoms with E-state index in [4.69, 9.17) is 5.11 Å². The molecule has 0 spiro atoms. The molecule has 1 unspecified atom stereocenters. The molecule has 0 aliphatic heterocycles. The van der Waals surface area contributed by atoms with Gasteiger partial charge in [0.2, 0.25) is 0 Å². The largest absolute Gasteiger partial charge is 0.481 e. The van der Waals surface area contributed by atoms with E-state index in [-0.39, 0.29) is 12.2 Å². The summed E-state index contributed by atoms with van der Waals surface area (Å²) in [7, 11) is 0. The standard InChI is InChI=1S/C10H14N2O3/c1-6(9(13)14)5-12-8(3)4-7(2)11-10(12)15/h4,6H,5H2,1-3H3,(H,13,14). The second-order valence-corrected chi connectivity index (χ2v) is 3.67. The van der Waals surface area contributed by atoms with Crippen LogP contribution >= 0.6 is 0 Å². The zero-order chi connectivity index (χ0) is 11.6. The van der Waals surface area contributed by atoms with Crippen molar-refractivity contribution in [3.8, 4) is 0 Å². The summed E-state index contributed by atoms with van der Waals surface area (Å²) in [6.45, 7) is 5.23. The monoisotopic (exact) mass is 210 g/mol. The number of rotatable bonds is 3. The Bertz CT molecular complexity index is 437. The van der Waals surface area contributed by atoms with Crippen LogP contribution in [0.5, 0.6) is 0 Å². The van der Waals surface area contributed by atoms with E-state index in [0.29, 0.717) is 5.69 Å². The molecule has 0 saturated carbocycles. The molecule has 0 aromatic carbocycles. The van der Waals surface area contributed by atoms with Crippen LogP contribution in [0.1, 0.15) is 18.3 Å². The lowest BCUT2D eigenvalue weighted by Gasteiger charge is -2.12. The molecule has 1 atom stereocenters. The molecular formula is C10H14N2O3. The van der Waals surface area contributed by atoms with E-state index in [0.717, 1.165) is 5.69 Å². The number of nitrogens with zero attached hydrogens (tertiary/aromatic N) is 2. The molecule has 15 heavy (non-hydrogen) atoms. The van der Waals surface area contributed by atoms with Crippen molar-refractivity contribution >= 4 is 5.97 Å². The third kappa shape index (κ3) is 2.65. The zero-order valence-electron chi connectivity index (χ0n) is 9.02. The van der Waals surface area contributed by atoms with E-state index in [2.05, 4.69) is 4.98 Å². The smallest absolute Gasteiger partial charge is 0.347 e. The van der Waals surface area contributed by atoms with Gasteiger partial charge in [0.15, 0.2) is 0 Å². The van der Waals surface area contributed by atoms with Crippen molar-refractivity contribution in [3.05, 3.63) is 27.9 Å². The number of aromatic nitrogens is 2. The fourth-order valence-corrected chi connectivity index (χ4v) is 1.35. The van der Waals surface area contributed by atoms with Crippen molar-refractivity contribution in [2.75, 3.05) is 0 Å². The Kier molecular flexibility index (Phi) is 3.24. The van der Waals surface area contributed by atoms with Gasteiger partial charge in [-0.15, -0.1) is 0 Å². The molecule has 1 N–H and O–H groups in total. The summed E-state index contributed by atoms with van der Waals surface area (Å²) in [6.07, 6.45) is 0. The summed E-state index contributed by atoms with van der Waals surface area (Å²) in [5.41, 5.74) is 0.998. The van der Waals surface area contributed by atoms with Gasteiger partial charge in [-0.25, -0.2) is 4.79 Å². The normalized spacial score (nSPS) is 12.5. The Labute approximate surface area is 87.4 Å². The Hall–Kier alpha value is -1.65. The van der Waals surface area contributed by atoms with Crippen molar-refractivity contribution in [3.63, 3.8) is 0 Å². The molecule has 5 heteroatoms. The molecule has 0 bridgehead atoms. The molecule has 0 radical (unpaired) electrons. The molecule has 5 nitrogen and oxygen atoms in total. The maximum atomic E-state index is 11.5. The van der Waals surface area contributed by atoms with Crippen LogP contribution in [0.15, 0.2) is 10.9 Å². The third-order valence-corrected chi connectivity index (χ3v) is 2.22. The average Bonchev–Trinajstić information content (AvgIpc) is 2.10. The van der Waals surface area contributed by atoms with Crippen molar-refractivity contribution in [2.45, 2.75) is 27.3 Å². The lowest BCUT2D eigenvalue weighted by molar-refractivity contribution is -0.141. The van der Waals surface area contributed by atoms with Crippen LogP contribution in [0.2, 0.25) is 0 Å². The zero-order valence-corrected chi connectivity index (χ0v) is 9.02. The summed E-state index contributed by atoms with van der Waals surface area (Å²) in [4.78, 5) is 25.9. The van der Waals surface area contributed by atoms with Crippen LogP contribution in [-0.2, 0) is 11.3 Å². The molecule has 1 aromatic heterocycles. The van der Waals surface area contributed by atoms with E-state index in [1.807, 2.05) is 0 Å². The van der Waals surface area contributed by atoms with Gasteiger partial charge in [0.05, 0.1) is 5.92 Å². The quantitative estimate of drug-likeness (QED) is 0.792. The van der Waals surface area contributed by atoms with Gasteiger partial charge >= 0.3 is 11.7 Å². The van der Waals surface area contributed by atoms with Crippen LogP contribution in [0.4, 0.5) is 0 Å². The van der Waals surface area contributed by atoms with Gasteiger partial charge in [-0.1, -0.05) is 6.92 Å². The van der Waals surface area contributed by atoms with E-state index < -0.39 is 11.9 Å². The summed E-state index contributed by atoms with van der Waals surface area (Å²) in [5.74, 6) is -1.51. The van der Waals surface area contributed by atoms with E-state index >= 15 is 0 Å². The van der Waals surface area contributed by atoms with Crippen molar-refractivity contribution in [1.29, 1.82) is 0 Å². The first kappa shape index (κ1) is 11.4. The minimum atomic E-state index is -0.915. The Balaban J connectivity index is 3.05. The highest BCUT2D eigenvalue weighted by molar-refractivity contribution is 5.69. The first-order chi connectivity index (χ1) is 6.91. The fourth-order valence-electron chi connectivity index (χ4n) is 1.35. The van der Waals surface area contributed by atoms with Gasteiger partial charge in [0.25, 0.3) is 0 Å². The predicted molar refractivity (Wildman–Crippen MR) is 54.8 cm³/mol. The second-order valence-electron chi connectivity index (χ2n) is 3.67. The topological polar surface area (TPSA) is 72.2 Å². The number of aliphatic carboxylic acids is 1. The maximum Gasteiger partial charge on any atom is 0.347 e. The van der Waals surface area contributed by atoms with Gasteiger partial charge < -0.3 is 5.11 Å². The Morgan fingerprint density at radius 2 is 2.20 bits per heavy atom. The van der Waals surface area contributed by atoms with Gasteiger partial charge in [0, 0.05) is 17.9 Å². The first-order valence-electron chi connectivity index (χ1n) is 4.69. The summed E-state index contributed by atoms with van der Waals surface area (Å²) < 4.78 is 1.38. The van der Waals surface area contributed by atoms with Crippen LogP contribution < -0.4 is 5.69 Å². The van der Waals surface area contributed by atoms with Crippen molar-refractivity contribution in [1.82, 2.24) is 9.55 Å². The molecule has 0 aliphatic carbocycles. The fraction of sp³-hybridized carbons (Fsp3) is 0.500. The van der Waals surface area contributed by atoms with E-state index in [9.17, 15) is 9.59 Å². The molecule has 1 heterocycles. The van der Waals surface area contributed by atoms with E-state index in [1.165, 1.54) is 4.57 Å². The summed E-state index contributed by atoms with van der Waals surface area (Å²) in [5, 5.41) is 8.74. The van der Waals surface area contributed by atoms with Crippen molar-refractivity contribution < 1.29 is 9.90 Å². The molecule has 0 amide bonds. The SMILES string of the molecule is Cc1cc(C)n(CC(C)C(=O)O)c(=O)n1. The molecule has 0 saturated heterocycles. The minimum absolute atomic E-state index is 0.160. The lowest BCUT2D eigenvalue weighted by atomic mass is 10.2. The summed E-state index contributed by atoms with van der Waals surface area (Å²) >= 11 is 0. The Morgan fingerprint density at radius 1 is 1.60 bits per heavy atom. The predicted octanol–water partition coefficient (Wildman–Crippen LogP) is 0.581. The number of hydrogen-bond acceptors (Lipinski definition) is 3. The highest BCUT2D eigenvalue weighted by Gasteiger charge is 2.13. The highest BCUT2D eigenvalue weighted by Crippen LogP contribution is 2.02. The first-order valence-corrected chi connectivity index (χ1v) is 4.69. The number of carbonyl (C=O) groups is 1. The van der Waals surface area contributed by atoms with Crippen LogP contribution in [0.25, 0.3) is 0 Å². The number of aryl methyl sites for hydroxylation is 2. The van der Waals surface area contributed by atoms with Gasteiger partial charge in [-0.3, -0.25) is 9.36 Å². The lowest BCUT2D eigenvalue weighted by Crippen LogP contribution is -2.30. The average molecular weight is 210 g/mol. The maximum absolute atomic E-state index is 11.5. The highest BCUT2D eigenvalue weighted by atomic mass is 16.4. The van der Waals surface area contributed by atoms with Gasteiger partial charge in [-0.05, 0) is 19.9 Å². The van der Waals surface area contributed by atoms with Crippen molar-refractivity contribution in [2.24, 2.45) is 5.92 Å². The Morgan fingerprint density at radius 3 is 2.67 bits per heavy atom. The van der Waals surface area contributed by atoms with Crippen LogP contribution in [0, 0.1) is 19.8 Å². The van der Waals surface area contributed by atoms with Gasteiger partial charge in [0.1, 0.15) is 0 Å². The molecule has 0 fully saturated rings. The van der Waals surface area contributed by atoms with Crippen LogP contribution in [-0.4, -0.2) is 20.6 Å². The van der Waals surface area contributed by atoms with Crippen LogP contribution in [0.3, 0.4) is 0 Å². The number of hydrogen-bond donors (Lipinski definition) is 1. The minimum Gasteiger partial charge on any atom is -0.481 e. The summed E-state index contributed by atoms with van der Waals surface area (Å²) in [6, 6.07) is 1.76. The molecular weight excluding hydrogens is 196 g/mol. The second kappa shape index (κ2) is 4.25. The molecule has 82 valence electrons. The molecule has 1 rings (SSSR count). The third-order valence-electron chi connectivity index (χ3n) is 2.22.